The maximum atomic E-state index is 11.0. The number of aliphatic hydroxyl groups is 1. The Kier molecular flexibility index (Phi) is 17.1. The van der Waals surface area contributed by atoms with Crippen LogP contribution < -0.4 is 0 Å². The number of esters is 1. The van der Waals surface area contributed by atoms with E-state index in [0.717, 1.165) is 10.1 Å². The fourth-order valence-corrected chi connectivity index (χ4v) is 1.46. The van der Waals surface area contributed by atoms with Crippen LogP contribution in [0.3, 0.4) is 0 Å². The molecule has 0 unspecified atom stereocenters. The van der Waals surface area contributed by atoms with E-state index in [0.29, 0.717) is 0 Å². The van der Waals surface area contributed by atoms with Crippen molar-refractivity contribution >= 4 is 23.9 Å². The normalized spacial score (nSPS) is 10.3. The molecule has 0 aliphatic heterocycles. The molecule has 0 aliphatic rings. The Labute approximate surface area is 155 Å². The molecule has 0 rings (SSSR count). The van der Waals surface area contributed by atoms with Crippen molar-refractivity contribution in [3.63, 3.8) is 0 Å². The van der Waals surface area contributed by atoms with Gasteiger partial charge in [0.25, 0.3) is 0 Å². The highest BCUT2D eigenvalue weighted by Crippen LogP contribution is 1.92. The number of ether oxygens (including phenoxy) is 1. The van der Waals surface area contributed by atoms with E-state index in [1.165, 1.54) is 0 Å². The summed E-state index contributed by atoms with van der Waals surface area (Å²) < 4.78 is 4.55. The summed E-state index contributed by atoms with van der Waals surface area (Å²) in [5, 5.41) is 35.4. The van der Waals surface area contributed by atoms with Crippen molar-refractivity contribution < 1.29 is 54.0 Å². The standard InChI is InChI=1S/C8H15NO6.C6H11NO5/c1-2-15-9(5-7(11)12)6-8(13)14-4-3-10;1-2-12-7(3-5(8)9)4-6(10)11/h10H,2-6H2,1H3,(H,11,12);2-4H2,1H3,(H,8,9)(H,10,11). The predicted octanol–water partition coefficient (Wildman–Crippen LogP) is -1.73. The van der Waals surface area contributed by atoms with E-state index in [1.54, 1.807) is 13.8 Å². The van der Waals surface area contributed by atoms with Gasteiger partial charge in [0, 0.05) is 0 Å². The van der Waals surface area contributed by atoms with Crippen LogP contribution in [0.4, 0.5) is 0 Å². The van der Waals surface area contributed by atoms with Gasteiger partial charge in [-0.25, -0.2) is 0 Å². The van der Waals surface area contributed by atoms with Crippen molar-refractivity contribution in [3.8, 4) is 0 Å². The highest BCUT2D eigenvalue weighted by molar-refractivity contribution is 5.73. The molecule has 0 atom stereocenters. The average molecular weight is 398 g/mol. The Morgan fingerprint density at radius 3 is 1.41 bits per heavy atom. The van der Waals surface area contributed by atoms with Gasteiger partial charge in [-0.15, -0.1) is 0 Å². The Balaban J connectivity index is 0. The van der Waals surface area contributed by atoms with Crippen LogP contribution in [0.15, 0.2) is 0 Å². The topological polar surface area (TPSA) is 183 Å². The van der Waals surface area contributed by atoms with Crippen LogP contribution >= 0.6 is 0 Å². The SMILES string of the molecule is CCON(CC(=O)O)CC(=O)O.CCON(CC(=O)O)CC(=O)OCCO. The van der Waals surface area contributed by atoms with Crippen LogP contribution in [0.2, 0.25) is 0 Å². The van der Waals surface area contributed by atoms with Gasteiger partial charge in [-0.1, -0.05) is 0 Å². The summed E-state index contributed by atoms with van der Waals surface area (Å²) in [5.41, 5.74) is 0. The number of rotatable bonds is 14. The summed E-state index contributed by atoms with van der Waals surface area (Å²) in [6, 6.07) is 0. The van der Waals surface area contributed by atoms with Crippen molar-refractivity contribution in [1.82, 2.24) is 10.1 Å². The molecular formula is C14H26N2O11. The third-order valence-electron chi connectivity index (χ3n) is 2.22. The molecular weight excluding hydrogens is 372 g/mol. The van der Waals surface area contributed by atoms with Crippen molar-refractivity contribution in [3.05, 3.63) is 0 Å². The van der Waals surface area contributed by atoms with Crippen molar-refractivity contribution in [1.29, 1.82) is 0 Å². The summed E-state index contributed by atoms with van der Waals surface area (Å²) in [6.45, 7) is 1.93. The van der Waals surface area contributed by atoms with E-state index in [2.05, 4.69) is 4.74 Å². The second-order valence-corrected chi connectivity index (χ2v) is 4.56. The quantitative estimate of drug-likeness (QED) is 0.191. The van der Waals surface area contributed by atoms with Crippen LogP contribution in [-0.4, -0.2) is 107 Å². The maximum Gasteiger partial charge on any atom is 0.322 e. The molecule has 0 radical (unpaired) electrons. The lowest BCUT2D eigenvalue weighted by atomic mass is 10.5. The zero-order valence-electron chi connectivity index (χ0n) is 15.2. The summed E-state index contributed by atoms with van der Waals surface area (Å²) in [4.78, 5) is 51.3. The third-order valence-corrected chi connectivity index (χ3v) is 2.22. The summed E-state index contributed by atoms with van der Waals surface area (Å²) in [5.74, 6) is -3.98. The molecule has 0 aliphatic carbocycles. The number of aliphatic hydroxyl groups excluding tert-OH is 1. The smallest absolute Gasteiger partial charge is 0.322 e. The Hall–Kier alpha value is -2.32. The van der Waals surface area contributed by atoms with Gasteiger partial charge in [0.2, 0.25) is 0 Å². The first-order valence-corrected chi connectivity index (χ1v) is 7.83. The van der Waals surface area contributed by atoms with Crippen LogP contribution in [0.1, 0.15) is 13.8 Å². The van der Waals surface area contributed by atoms with Gasteiger partial charge in [-0.05, 0) is 13.8 Å². The number of hydrogen-bond acceptors (Lipinski definition) is 10. The number of hydrogen-bond donors (Lipinski definition) is 4. The van der Waals surface area contributed by atoms with E-state index < -0.39 is 43.5 Å². The zero-order valence-corrected chi connectivity index (χ0v) is 15.2. The number of carboxylic acid groups (broad SMARTS) is 3. The van der Waals surface area contributed by atoms with Gasteiger partial charge in [0.15, 0.2) is 0 Å². The number of carbonyl (C=O) groups excluding carboxylic acids is 1. The van der Waals surface area contributed by atoms with E-state index in [4.69, 9.17) is 30.1 Å². The number of carboxylic acids is 3. The minimum Gasteiger partial charge on any atom is -0.480 e. The van der Waals surface area contributed by atoms with Gasteiger partial charge in [0.05, 0.1) is 19.8 Å². The molecule has 4 N–H and O–H groups in total. The Bertz CT molecular complexity index is 442. The highest BCUT2D eigenvalue weighted by atomic mass is 16.7. The van der Waals surface area contributed by atoms with Crippen LogP contribution in [0.5, 0.6) is 0 Å². The number of nitrogens with zero attached hydrogens (tertiary/aromatic N) is 2. The fraction of sp³-hybridized carbons (Fsp3) is 0.714. The molecule has 0 aromatic heterocycles. The Morgan fingerprint density at radius 1 is 0.741 bits per heavy atom. The van der Waals surface area contributed by atoms with Gasteiger partial charge >= 0.3 is 23.9 Å². The molecule has 0 saturated heterocycles. The summed E-state index contributed by atoms with van der Waals surface area (Å²) in [7, 11) is 0. The highest BCUT2D eigenvalue weighted by Gasteiger charge is 2.15. The molecule has 13 heteroatoms. The van der Waals surface area contributed by atoms with E-state index in [9.17, 15) is 19.2 Å². The van der Waals surface area contributed by atoms with Gasteiger partial charge in [-0.3, -0.25) is 28.9 Å². The monoisotopic (exact) mass is 398 g/mol. The van der Waals surface area contributed by atoms with Gasteiger partial charge in [-0.2, -0.15) is 10.1 Å². The lowest BCUT2D eigenvalue weighted by molar-refractivity contribution is -0.186. The third kappa shape index (κ3) is 19.8. The molecule has 0 bridgehead atoms. The molecule has 0 spiro atoms. The first kappa shape index (κ1) is 26.9. The van der Waals surface area contributed by atoms with E-state index in [-0.39, 0.29) is 33.0 Å². The molecule has 0 heterocycles. The number of carbonyl (C=O) groups is 4. The molecule has 27 heavy (non-hydrogen) atoms. The first-order chi connectivity index (χ1) is 12.7. The zero-order chi connectivity index (χ0) is 21.2. The molecule has 0 aromatic rings. The van der Waals surface area contributed by atoms with Crippen molar-refractivity contribution in [2.24, 2.45) is 0 Å². The molecule has 0 amide bonds. The lowest BCUT2D eigenvalue weighted by Crippen LogP contribution is -2.35. The summed E-state index contributed by atoms with van der Waals surface area (Å²) >= 11 is 0. The van der Waals surface area contributed by atoms with Gasteiger partial charge < -0.3 is 25.2 Å². The minimum absolute atomic E-state index is 0.105. The summed E-state index contributed by atoms with van der Waals surface area (Å²) in [6.07, 6.45) is 0. The first-order valence-electron chi connectivity index (χ1n) is 7.83. The fourth-order valence-electron chi connectivity index (χ4n) is 1.46. The largest absolute Gasteiger partial charge is 0.480 e. The predicted molar refractivity (Wildman–Crippen MR) is 87.4 cm³/mol. The number of aliphatic carboxylic acids is 3. The molecule has 158 valence electrons. The number of hydroxylamine groups is 4. The van der Waals surface area contributed by atoms with E-state index >= 15 is 0 Å². The van der Waals surface area contributed by atoms with Crippen molar-refractivity contribution in [2.75, 3.05) is 52.6 Å². The lowest BCUT2D eigenvalue weighted by Gasteiger charge is -2.17. The molecule has 0 saturated carbocycles. The molecule has 0 aromatic carbocycles. The Morgan fingerprint density at radius 2 is 1.11 bits per heavy atom. The van der Waals surface area contributed by atoms with Crippen LogP contribution in [0.25, 0.3) is 0 Å². The second kappa shape index (κ2) is 17.1. The average Bonchev–Trinajstić information content (AvgIpc) is 2.52. The van der Waals surface area contributed by atoms with E-state index in [1.807, 2.05) is 0 Å². The molecule has 13 nitrogen and oxygen atoms in total. The van der Waals surface area contributed by atoms with Crippen LogP contribution in [-0.2, 0) is 33.6 Å². The van der Waals surface area contributed by atoms with Crippen LogP contribution in [0, 0.1) is 0 Å². The second-order valence-electron chi connectivity index (χ2n) is 4.56. The molecule has 0 fully saturated rings. The van der Waals surface area contributed by atoms with Gasteiger partial charge in [0.1, 0.15) is 32.8 Å². The maximum absolute atomic E-state index is 11.0. The minimum atomic E-state index is -1.12. The van der Waals surface area contributed by atoms with Crippen molar-refractivity contribution in [2.45, 2.75) is 13.8 Å².